The second-order valence-electron chi connectivity index (χ2n) is 5.43. The third kappa shape index (κ3) is 8.44. The van der Waals surface area contributed by atoms with Crippen LogP contribution in [0.4, 0.5) is 0 Å². The highest BCUT2D eigenvalue weighted by Gasteiger charge is 2.06. The summed E-state index contributed by atoms with van der Waals surface area (Å²) in [5.74, 6) is 0.740. The molecule has 0 aliphatic carbocycles. The fraction of sp³-hybridized carbons (Fsp3) is 0.278. The number of aliphatic hydroxyl groups excluding tert-OH is 1. The summed E-state index contributed by atoms with van der Waals surface area (Å²) in [7, 11) is -2.41. The number of hydrogen-bond donors (Lipinski definition) is 2. The van der Waals surface area contributed by atoms with Gasteiger partial charge >= 0.3 is 0 Å². The lowest BCUT2D eigenvalue weighted by Crippen LogP contribution is -1.96. The number of aromatic nitrogens is 1. The van der Waals surface area contributed by atoms with Crippen molar-refractivity contribution in [2.75, 3.05) is 7.11 Å². The molecule has 0 fully saturated rings. The molecule has 0 amide bonds. The van der Waals surface area contributed by atoms with Crippen molar-refractivity contribution in [2.24, 2.45) is 0 Å². The molecule has 1 atom stereocenters. The van der Waals surface area contributed by atoms with Gasteiger partial charge in [-0.05, 0) is 44.0 Å². The van der Waals surface area contributed by atoms with Crippen molar-refractivity contribution in [3.05, 3.63) is 59.9 Å². The van der Waals surface area contributed by atoms with Crippen molar-refractivity contribution in [3.8, 4) is 5.75 Å². The number of rotatable bonds is 5. The predicted molar refractivity (Wildman–Crippen MR) is 97.1 cm³/mol. The molecule has 0 aliphatic rings. The van der Waals surface area contributed by atoms with E-state index in [0.717, 1.165) is 16.9 Å². The molecule has 0 saturated heterocycles. The molecule has 1 heterocycles. The Morgan fingerprint density at radius 2 is 1.88 bits per heavy atom. The standard InChI is InChI=1S/C11H15NO2.C7H8O3S/c1-9(13)4-3-5-10-6-11(14-2)8-12-7-10;1-6-2-4-7(5-3-6)11(8,9)10/h3,5-9,13H,4H2,1-2H3;2-5H,1H3,(H,8,9,10)/b5-3+;. The van der Waals surface area contributed by atoms with Crippen LogP contribution in [0.1, 0.15) is 24.5 Å². The Balaban J connectivity index is 0.000000257. The van der Waals surface area contributed by atoms with Gasteiger partial charge in [0.2, 0.25) is 0 Å². The first-order chi connectivity index (χ1) is 11.7. The van der Waals surface area contributed by atoms with Crippen LogP contribution in [0.3, 0.4) is 0 Å². The van der Waals surface area contributed by atoms with Gasteiger partial charge in [0.05, 0.1) is 24.3 Å². The zero-order valence-electron chi connectivity index (χ0n) is 14.5. The summed E-state index contributed by atoms with van der Waals surface area (Å²) in [5, 5.41) is 9.04. The minimum Gasteiger partial charge on any atom is -0.495 e. The molecule has 0 saturated carbocycles. The minimum atomic E-state index is -4.02. The molecule has 25 heavy (non-hydrogen) atoms. The van der Waals surface area contributed by atoms with Crippen LogP contribution < -0.4 is 4.74 Å². The van der Waals surface area contributed by atoms with Gasteiger partial charge in [0.25, 0.3) is 10.1 Å². The molecule has 136 valence electrons. The molecule has 0 radical (unpaired) electrons. The predicted octanol–water partition coefficient (Wildman–Crippen LogP) is 3.12. The maximum absolute atomic E-state index is 10.5. The lowest BCUT2D eigenvalue weighted by molar-refractivity contribution is 0.199. The third-order valence-electron chi connectivity index (χ3n) is 3.08. The van der Waals surface area contributed by atoms with E-state index in [-0.39, 0.29) is 11.0 Å². The second kappa shape index (κ2) is 9.93. The smallest absolute Gasteiger partial charge is 0.294 e. The van der Waals surface area contributed by atoms with Crippen LogP contribution in [0.25, 0.3) is 6.08 Å². The van der Waals surface area contributed by atoms with Crippen LogP contribution in [0.2, 0.25) is 0 Å². The van der Waals surface area contributed by atoms with E-state index in [1.807, 2.05) is 25.1 Å². The Morgan fingerprint density at radius 3 is 2.40 bits per heavy atom. The van der Waals surface area contributed by atoms with Crippen molar-refractivity contribution in [1.82, 2.24) is 4.98 Å². The number of benzene rings is 1. The maximum atomic E-state index is 10.5. The van der Waals surface area contributed by atoms with Crippen molar-refractivity contribution >= 4 is 16.2 Å². The highest BCUT2D eigenvalue weighted by molar-refractivity contribution is 7.85. The second-order valence-corrected chi connectivity index (χ2v) is 6.85. The average molecular weight is 365 g/mol. The van der Waals surface area contributed by atoms with E-state index in [1.165, 1.54) is 12.1 Å². The summed E-state index contributed by atoms with van der Waals surface area (Å²) in [6.45, 7) is 3.60. The molecule has 1 aromatic heterocycles. The summed E-state index contributed by atoms with van der Waals surface area (Å²) < 4.78 is 34.6. The van der Waals surface area contributed by atoms with Crippen molar-refractivity contribution in [2.45, 2.75) is 31.3 Å². The monoisotopic (exact) mass is 365 g/mol. The van der Waals surface area contributed by atoms with E-state index in [0.29, 0.717) is 6.42 Å². The normalized spacial score (nSPS) is 12.4. The number of nitrogens with zero attached hydrogens (tertiary/aromatic N) is 1. The zero-order chi connectivity index (χ0) is 18.9. The molecule has 7 heteroatoms. The topological polar surface area (TPSA) is 96.7 Å². The molecule has 2 aromatic rings. The van der Waals surface area contributed by atoms with Crippen molar-refractivity contribution in [1.29, 1.82) is 0 Å². The quantitative estimate of drug-likeness (QED) is 0.790. The van der Waals surface area contributed by atoms with Gasteiger partial charge < -0.3 is 9.84 Å². The molecule has 1 unspecified atom stereocenters. The fourth-order valence-electron chi connectivity index (χ4n) is 1.75. The van der Waals surface area contributed by atoms with E-state index in [1.54, 1.807) is 38.6 Å². The number of pyridine rings is 1. The number of aliphatic hydroxyl groups is 1. The van der Waals surface area contributed by atoms with Gasteiger partial charge in [0.1, 0.15) is 5.75 Å². The molecular formula is C18H23NO5S. The van der Waals surface area contributed by atoms with Crippen LogP contribution in [0.5, 0.6) is 5.75 Å². The largest absolute Gasteiger partial charge is 0.495 e. The summed E-state index contributed by atoms with van der Waals surface area (Å²) in [6.07, 6.45) is 7.60. The molecule has 0 bridgehead atoms. The van der Waals surface area contributed by atoms with Gasteiger partial charge in [0, 0.05) is 6.20 Å². The van der Waals surface area contributed by atoms with Crippen LogP contribution in [0.15, 0.2) is 53.7 Å². The lowest BCUT2D eigenvalue weighted by atomic mass is 10.2. The summed E-state index contributed by atoms with van der Waals surface area (Å²) in [4.78, 5) is 3.95. The van der Waals surface area contributed by atoms with E-state index in [2.05, 4.69) is 4.98 Å². The van der Waals surface area contributed by atoms with E-state index >= 15 is 0 Å². The van der Waals surface area contributed by atoms with Gasteiger partial charge in [0.15, 0.2) is 0 Å². The number of methoxy groups -OCH3 is 1. The summed E-state index contributed by atoms with van der Waals surface area (Å²) in [6, 6.07) is 7.88. The van der Waals surface area contributed by atoms with Gasteiger partial charge in [-0.2, -0.15) is 8.42 Å². The first-order valence-electron chi connectivity index (χ1n) is 7.60. The SMILES string of the molecule is COc1cncc(/C=C/CC(C)O)c1.Cc1ccc(S(=O)(=O)O)cc1. The Hall–Kier alpha value is -2.22. The molecule has 1 aromatic carbocycles. The van der Waals surface area contributed by atoms with Crippen LogP contribution in [0, 0.1) is 6.92 Å². The van der Waals surface area contributed by atoms with Crippen molar-refractivity contribution < 1.29 is 22.8 Å². The van der Waals surface area contributed by atoms with E-state index in [9.17, 15) is 8.42 Å². The lowest BCUT2D eigenvalue weighted by Gasteiger charge is -2.00. The Kier molecular flexibility index (Phi) is 8.27. The van der Waals surface area contributed by atoms with Crippen molar-refractivity contribution in [3.63, 3.8) is 0 Å². The van der Waals surface area contributed by atoms with Gasteiger partial charge in [-0.25, -0.2) is 0 Å². The summed E-state index contributed by atoms with van der Waals surface area (Å²) in [5.41, 5.74) is 1.93. The summed E-state index contributed by atoms with van der Waals surface area (Å²) >= 11 is 0. The maximum Gasteiger partial charge on any atom is 0.294 e. The van der Waals surface area contributed by atoms with E-state index in [4.69, 9.17) is 14.4 Å². The molecular weight excluding hydrogens is 342 g/mol. The molecule has 0 aliphatic heterocycles. The van der Waals surface area contributed by atoms with Gasteiger partial charge in [-0.1, -0.05) is 29.8 Å². The minimum absolute atomic E-state index is 0.0666. The molecule has 2 rings (SSSR count). The highest BCUT2D eigenvalue weighted by atomic mass is 32.2. The Morgan fingerprint density at radius 1 is 1.24 bits per heavy atom. The first-order valence-corrected chi connectivity index (χ1v) is 9.04. The molecule has 2 N–H and O–H groups in total. The van der Waals surface area contributed by atoms with Gasteiger partial charge in [-0.3, -0.25) is 9.54 Å². The highest BCUT2D eigenvalue weighted by Crippen LogP contribution is 2.12. The van der Waals surface area contributed by atoms with Crippen LogP contribution in [-0.2, 0) is 10.1 Å². The number of aryl methyl sites for hydroxylation is 1. The molecule has 6 nitrogen and oxygen atoms in total. The van der Waals surface area contributed by atoms with Crippen LogP contribution >= 0.6 is 0 Å². The Bertz CT molecular complexity index is 783. The Labute approximate surface area is 148 Å². The number of hydrogen-bond acceptors (Lipinski definition) is 5. The van der Waals surface area contributed by atoms with Gasteiger partial charge in [-0.15, -0.1) is 0 Å². The first kappa shape index (κ1) is 20.8. The molecule has 0 spiro atoms. The van der Waals surface area contributed by atoms with E-state index < -0.39 is 10.1 Å². The zero-order valence-corrected chi connectivity index (χ0v) is 15.3. The average Bonchev–Trinajstić information content (AvgIpc) is 2.55. The number of ether oxygens (including phenoxy) is 1. The third-order valence-corrected chi connectivity index (χ3v) is 3.94. The fourth-order valence-corrected chi connectivity index (χ4v) is 2.23. The van der Waals surface area contributed by atoms with Crippen LogP contribution in [-0.4, -0.2) is 36.3 Å².